The molecule has 2 aliphatic heterocycles. The molecule has 0 aromatic heterocycles. The number of Topliss-reactive ketones (excluding diaryl/α,β-unsaturated/α-hetero) is 1. The number of ketones is 1. The highest BCUT2D eigenvalue weighted by molar-refractivity contribution is 5.98. The van der Waals surface area contributed by atoms with Gasteiger partial charge in [-0.1, -0.05) is 42.0 Å². The second-order valence-electron chi connectivity index (χ2n) is 9.76. The largest absolute Gasteiger partial charge is 0.471 e. The van der Waals surface area contributed by atoms with E-state index in [2.05, 4.69) is 31.2 Å². The first-order valence-corrected chi connectivity index (χ1v) is 12.5. The topological polar surface area (TPSA) is 57.7 Å². The molecule has 2 aromatic carbocycles. The second kappa shape index (κ2) is 10.8. The van der Waals surface area contributed by atoms with Gasteiger partial charge in [0.15, 0.2) is 5.78 Å². The fraction of sp³-hybridized carbons (Fsp3) is 0.464. The van der Waals surface area contributed by atoms with Gasteiger partial charge in [-0.3, -0.25) is 14.4 Å². The standard InChI is InChI=1S/C28H31F3N2O3/c1-19-2-4-20(5-3-19)22-10-14-32(15-11-22)26(35)9-8-25(34)24-7-6-21-12-16-33(17-13-23(21)18-24)27(36)28(29,30)31/h2-7,18,22H,8-17H2,1H3. The molecule has 0 N–H and O–H groups in total. The molecule has 1 saturated heterocycles. The average molecular weight is 501 g/mol. The van der Waals surface area contributed by atoms with Gasteiger partial charge in [-0.15, -0.1) is 0 Å². The van der Waals surface area contributed by atoms with E-state index in [-0.39, 0.29) is 44.0 Å². The third kappa shape index (κ3) is 6.15. The highest BCUT2D eigenvalue weighted by Gasteiger charge is 2.42. The number of alkyl halides is 3. The van der Waals surface area contributed by atoms with Gasteiger partial charge in [0.05, 0.1) is 0 Å². The lowest BCUT2D eigenvalue weighted by Crippen LogP contribution is -2.42. The van der Waals surface area contributed by atoms with E-state index < -0.39 is 12.1 Å². The zero-order chi connectivity index (χ0) is 25.9. The summed E-state index contributed by atoms with van der Waals surface area (Å²) in [5.41, 5.74) is 4.61. The minimum absolute atomic E-state index is 0.00621. The van der Waals surface area contributed by atoms with Crippen molar-refractivity contribution in [3.05, 3.63) is 70.3 Å². The molecule has 36 heavy (non-hydrogen) atoms. The van der Waals surface area contributed by atoms with Crippen molar-refractivity contribution in [1.82, 2.24) is 9.80 Å². The third-order valence-corrected chi connectivity index (χ3v) is 7.32. The van der Waals surface area contributed by atoms with Gasteiger partial charge in [-0.25, -0.2) is 0 Å². The summed E-state index contributed by atoms with van der Waals surface area (Å²) in [5.74, 6) is -1.57. The highest BCUT2D eigenvalue weighted by Crippen LogP contribution is 2.29. The molecule has 192 valence electrons. The zero-order valence-electron chi connectivity index (χ0n) is 20.4. The molecule has 8 heteroatoms. The summed E-state index contributed by atoms with van der Waals surface area (Å²) in [6, 6.07) is 13.7. The average Bonchev–Trinajstić information content (AvgIpc) is 3.08. The molecule has 5 nitrogen and oxygen atoms in total. The van der Waals surface area contributed by atoms with Crippen molar-refractivity contribution >= 4 is 17.6 Å². The first-order valence-electron chi connectivity index (χ1n) is 12.5. The Kier molecular flexibility index (Phi) is 7.81. The highest BCUT2D eigenvalue weighted by atomic mass is 19.4. The maximum atomic E-state index is 12.8. The van der Waals surface area contributed by atoms with E-state index in [1.807, 2.05) is 4.90 Å². The van der Waals surface area contributed by atoms with Crippen LogP contribution in [0.3, 0.4) is 0 Å². The van der Waals surface area contributed by atoms with Crippen molar-refractivity contribution in [3.8, 4) is 0 Å². The number of carbonyl (C=O) groups excluding carboxylic acids is 3. The summed E-state index contributed by atoms with van der Waals surface area (Å²) in [6.45, 7) is 3.37. The van der Waals surface area contributed by atoms with Gasteiger partial charge in [0, 0.05) is 44.6 Å². The number of hydrogen-bond acceptors (Lipinski definition) is 3. The van der Waals surface area contributed by atoms with E-state index in [0.29, 0.717) is 31.0 Å². The van der Waals surface area contributed by atoms with E-state index in [1.165, 1.54) is 11.1 Å². The number of halogens is 3. The van der Waals surface area contributed by atoms with Gasteiger partial charge in [0.25, 0.3) is 0 Å². The Bertz CT molecular complexity index is 1120. The number of aryl methyl sites for hydroxylation is 1. The monoisotopic (exact) mass is 500 g/mol. The number of nitrogens with zero attached hydrogens (tertiary/aromatic N) is 2. The molecular formula is C28H31F3N2O3. The van der Waals surface area contributed by atoms with E-state index >= 15 is 0 Å². The lowest BCUT2D eigenvalue weighted by Gasteiger charge is -2.32. The van der Waals surface area contributed by atoms with Crippen molar-refractivity contribution in [1.29, 1.82) is 0 Å². The SMILES string of the molecule is Cc1ccc(C2CCN(C(=O)CCC(=O)c3ccc4c(c3)CCN(C(=O)C(F)(F)F)CC4)CC2)cc1. The number of benzene rings is 2. The van der Waals surface area contributed by atoms with Gasteiger partial charge < -0.3 is 9.80 Å². The number of fused-ring (bicyclic) bond motifs is 1. The van der Waals surface area contributed by atoms with Crippen molar-refractivity contribution in [2.45, 2.75) is 57.5 Å². The molecule has 2 amide bonds. The van der Waals surface area contributed by atoms with Crippen molar-refractivity contribution < 1.29 is 27.6 Å². The predicted octanol–water partition coefficient (Wildman–Crippen LogP) is 4.85. The molecule has 0 bridgehead atoms. The smallest absolute Gasteiger partial charge is 0.343 e. The number of rotatable bonds is 5. The van der Waals surface area contributed by atoms with Crippen LogP contribution in [-0.2, 0) is 22.4 Å². The molecule has 0 aliphatic carbocycles. The van der Waals surface area contributed by atoms with E-state index in [0.717, 1.165) is 28.9 Å². The molecule has 4 rings (SSSR count). The molecule has 0 radical (unpaired) electrons. The fourth-order valence-corrected chi connectivity index (χ4v) is 5.10. The number of carbonyl (C=O) groups is 3. The molecule has 0 saturated carbocycles. The third-order valence-electron chi connectivity index (χ3n) is 7.32. The normalized spacial score (nSPS) is 16.9. The van der Waals surface area contributed by atoms with Crippen LogP contribution in [0.15, 0.2) is 42.5 Å². The maximum Gasteiger partial charge on any atom is 0.471 e. The molecular weight excluding hydrogens is 469 g/mol. The summed E-state index contributed by atoms with van der Waals surface area (Å²) < 4.78 is 38.4. The Balaban J connectivity index is 1.28. The van der Waals surface area contributed by atoms with Crippen molar-refractivity contribution in [3.63, 3.8) is 0 Å². The maximum absolute atomic E-state index is 12.8. The van der Waals surface area contributed by atoms with Crippen LogP contribution in [0.25, 0.3) is 0 Å². The minimum atomic E-state index is -4.89. The van der Waals surface area contributed by atoms with Gasteiger partial charge >= 0.3 is 12.1 Å². The summed E-state index contributed by atoms with van der Waals surface area (Å²) >= 11 is 0. The lowest BCUT2D eigenvalue weighted by atomic mass is 9.89. The Morgan fingerprint density at radius 3 is 2.11 bits per heavy atom. The van der Waals surface area contributed by atoms with Crippen LogP contribution in [-0.4, -0.2) is 59.8 Å². The van der Waals surface area contributed by atoms with Crippen LogP contribution in [0, 0.1) is 6.92 Å². The molecule has 2 aliphatic rings. The zero-order valence-corrected chi connectivity index (χ0v) is 20.4. The Hall–Kier alpha value is -3.16. The first kappa shape index (κ1) is 25.9. The van der Waals surface area contributed by atoms with E-state index in [1.54, 1.807) is 18.2 Å². The summed E-state index contributed by atoms with van der Waals surface area (Å²) in [5, 5.41) is 0. The molecule has 2 heterocycles. The Labute approximate surface area is 209 Å². The van der Waals surface area contributed by atoms with Crippen LogP contribution in [0.1, 0.15) is 64.2 Å². The molecule has 0 atom stereocenters. The van der Waals surface area contributed by atoms with E-state index in [4.69, 9.17) is 0 Å². The molecule has 0 unspecified atom stereocenters. The number of piperidine rings is 1. The summed E-state index contributed by atoms with van der Waals surface area (Å²) in [4.78, 5) is 39.8. The second-order valence-corrected chi connectivity index (χ2v) is 9.76. The van der Waals surface area contributed by atoms with Gasteiger partial charge in [0.2, 0.25) is 5.91 Å². The molecule has 2 aromatic rings. The quantitative estimate of drug-likeness (QED) is 0.552. The number of amides is 2. The van der Waals surface area contributed by atoms with Gasteiger partial charge in [-0.2, -0.15) is 13.2 Å². The van der Waals surface area contributed by atoms with Crippen LogP contribution < -0.4 is 0 Å². The van der Waals surface area contributed by atoms with Gasteiger partial charge in [-0.05, 0) is 61.3 Å². The van der Waals surface area contributed by atoms with Crippen LogP contribution in [0.5, 0.6) is 0 Å². The van der Waals surface area contributed by atoms with E-state index in [9.17, 15) is 27.6 Å². The fourth-order valence-electron chi connectivity index (χ4n) is 5.10. The lowest BCUT2D eigenvalue weighted by molar-refractivity contribution is -0.185. The number of likely N-dealkylation sites (tertiary alicyclic amines) is 1. The predicted molar refractivity (Wildman–Crippen MR) is 130 cm³/mol. The molecule has 0 spiro atoms. The van der Waals surface area contributed by atoms with Crippen LogP contribution in [0.2, 0.25) is 0 Å². The first-order chi connectivity index (χ1) is 17.1. The van der Waals surface area contributed by atoms with Crippen molar-refractivity contribution in [2.24, 2.45) is 0 Å². The van der Waals surface area contributed by atoms with Gasteiger partial charge in [0.1, 0.15) is 0 Å². The summed E-state index contributed by atoms with van der Waals surface area (Å²) in [6.07, 6.45) is -2.29. The van der Waals surface area contributed by atoms with Crippen LogP contribution >= 0.6 is 0 Å². The Morgan fingerprint density at radius 2 is 1.47 bits per heavy atom. The number of hydrogen-bond donors (Lipinski definition) is 0. The van der Waals surface area contributed by atoms with Crippen LogP contribution in [0.4, 0.5) is 13.2 Å². The Morgan fingerprint density at radius 1 is 0.833 bits per heavy atom. The molecule has 1 fully saturated rings. The summed E-state index contributed by atoms with van der Waals surface area (Å²) in [7, 11) is 0. The minimum Gasteiger partial charge on any atom is -0.343 e. The van der Waals surface area contributed by atoms with Crippen molar-refractivity contribution in [2.75, 3.05) is 26.2 Å².